The van der Waals surface area contributed by atoms with Crippen LogP contribution in [0.5, 0.6) is 0 Å². The van der Waals surface area contributed by atoms with Crippen molar-refractivity contribution in [3.8, 4) is 0 Å². The molecule has 128 valence electrons. The van der Waals surface area contributed by atoms with Crippen LogP contribution in [0.4, 0.5) is 5.69 Å². The fraction of sp³-hybridized carbons (Fsp3) is 0.529. The Morgan fingerprint density at radius 2 is 1.78 bits per heavy atom. The summed E-state index contributed by atoms with van der Waals surface area (Å²) in [5.41, 5.74) is 7.56. The molecule has 2 amide bonds. The molecule has 0 radical (unpaired) electrons. The summed E-state index contributed by atoms with van der Waals surface area (Å²) >= 11 is 0. The lowest BCUT2D eigenvalue weighted by Crippen LogP contribution is -2.52. The number of hydrogen-bond donors (Lipinski definition) is 2. The van der Waals surface area contributed by atoms with Crippen LogP contribution in [0.3, 0.4) is 0 Å². The van der Waals surface area contributed by atoms with Gasteiger partial charge in [0.2, 0.25) is 5.91 Å². The van der Waals surface area contributed by atoms with Crippen molar-refractivity contribution < 1.29 is 9.59 Å². The molecule has 1 aromatic rings. The second kappa shape index (κ2) is 7.79. The number of aryl methyl sites for hydroxylation is 1. The van der Waals surface area contributed by atoms with Gasteiger partial charge in [-0.3, -0.25) is 9.59 Å². The van der Waals surface area contributed by atoms with E-state index in [9.17, 15) is 9.59 Å². The zero-order chi connectivity index (χ0) is 16.3. The maximum absolute atomic E-state index is 12.5. The van der Waals surface area contributed by atoms with Crippen molar-refractivity contribution >= 4 is 29.9 Å². The Morgan fingerprint density at radius 1 is 1.17 bits per heavy atom. The number of nitrogens with zero attached hydrogens (tertiary/aromatic N) is 1. The number of amides is 2. The van der Waals surface area contributed by atoms with Crippen molar-refractivity contribution in [1.29, 1.82) is 0 Å². The minimum Gasteiger partial charge on any atom is -0.345 e. The molecular formula is C17H26ClN3O2. The molecule has 0 aliphatic heterocycles. The normalized spacial score (nSPS) is 16.2. The minimum atomic E-state index is -0.783. The lowest BCUT2D eigenvalue weighted by Gasteiger charge is -2.31. The van der Waals surface area contributed by atoms with Crippen LogP contribution >= 0.6 is 12.4 Å². The number of nitrogens with one attached hydrogen (secondary N) is 1. The molecule has 0 unspecified atom stereocenters. The molecule has 0 atom stereocenters. The van der Waals surface area contributed by atoms with Gasteiger partial charge in [-0.25, -0.2) is 0 Å². The Kier molecular flexibility index (Phi) is 6.59. The fourth-order valence-electron chi connectivity index (χ4n) is 2.84. The third-order valence-corrected chi connectivity index (χ3v) is 4.33. The molecule has 3 N–H and O–H groups in total. The van der Waals surface area contributed by atoms with E-state index in [1.807, 2.05) is 19.1 Å². The highest BCUT2D eigenvalue weighted by Gasteiger charge is 2.35. The average Bonchev–Trinajstić information content (AvgIpc) is 2.49. The van der Waals surface area contributed by atoms with Crippen LogP contribution in [-0.4, -0.2) is 36.3 Å². The Labute approximate surface area is 144 Å². The van der Waals surface area contributed by atoms with E-state index in [0.29, 0.717) is 24.1 Å². The van der Waals surface area contributed by atoms with E-state index >= 15 is 0 Å². The average molecular weight is 340 g/mol. The molecule has 0 bridgehead atoms. The molecule has 23 heavy (non-hydrogen) atoms. The molecule has 1 aliphatic rings. The van der Waals surface area contributed by atoms with Gasteiger partial charge < -0.3 is 16.0 Å². The summed E-state index contributed by atoms with van der Waals surface area (Å²) in [7, 11) is 3.42. The van der Waals surface area contributed by atoms with Crippen LogP contribution in [0.1, 0.15) is 48.0 Å². The van der Waals surface area contributed by atoms with E-state index in [-0.39, 0.29) is 24.2 Å². The molecular weight excluding hydrogens is 314 g/mol. The topological polar surface area (TPSA) is 75.4 Å². The maximum atomic E-state index is 12.5. The minimum absolute atomic E-state index is 0. The molecule has 5 nitrogen and oxygen atoms in total. The van der Waals surface area contributed by atoms with Crippen LogP contribution in [0.25, 0.3) is 0 Å². The molecule has 6 heteroatoms. The molecule has 0 spiro atoms. The summed E-state index contributed by atoms with van der Waals surface area (Å²) in [6.07, 6.45) is 4.55. The maximum Gasteiger partial charge on any atom is 0.253 e. The summed E-state index contributed by atoms with van der Waals surface area (Å²) in [5, 5.41) is 2.88. The molecule has 1 aliphatic carbocycles. The van der Waals surface area contributed by atoms with Crippen molar-refractivity contribution in [2.45, 2.75) is 44.6 Å². The van der Waals surface area contributed by atoms with Gasteiger partial charge in [-0.2, -0.15) is 0 Å². The highest BCUT2D eigenvalue weighted by molar-refractivity contribution is 6.00. The van der Waals surface area contributed by atoms with Crippen LogP contribution in [0.15, 0.2) is 18.2 Å². The standard InChI is InChI=1S/C17H25N3O2.ClH/c1-12-7-8-13(11-14(12)15(21)20(2)3)19-16(22)17(18)9-5-4-6-10-17;/h7-8,11H,4-6,9-10,18H2,1-3H3,(H,19,22);1H. The van der Waals surface area contributed by atoms with E-state index < -0.39 is 5.54 Å². The van der Waals surface area contributed by atoms with Crippen LogP contribution < -0.4 is 11.1 Å². The number of carbonyl (C=O) groups excluding carboxylic acids is 2. The van der Waals surface area contributed by atoms with Gasteiger partial charge >= 0.3 is 0 Å². The van der Waals surface area contributed by atoms with Gasteiger partial charge in [-0.1, -0.05) is 25.3 Å². The Hall–Kier alpha value is -1.59. The largest absolute Gasteiger partial charge is 0.345 e. The number of nitrogens with two attached hydrogens (primary N) is 1. The van der Waals surface area contributed by atoms with Crippen LogP contribution in [0.2, 0.25) is 0 Å². The number of carbonyl (C=O) groups is 2. The molecule has 1 aromatic carbocycles. The van der Waals surface area contributed by atoms with E-state index in [1.54, 1.807) is 20.2 Å². The van der Waals surface area contributed by atoms with Crippen molar-refractivity contribution in [2.24, 2.45) is 5.73 Å². The first kappa shape index (κ1) is 19.5. The van der Waals surface area contributed by atoms with Crippen molar-refractivity contribution in [3.05, 3.63) is 29.3 Å². The summed E-state index contributed by atoms with van der Waals surface area (Å²) in [5.74, 6) is -0.229. The first-order valence-electron chi connectivity index (χ1n) is 7.76. The first-order valence-corrected chi connectivity index (χ1v) is 7.76. The summed E-state index contributed by atoms with van der Waals surface area (Å²) in [6, 6.07) is 5.38. The van der Waals surface area contributed by atoms with E-state index in [4.69, 9.17) is 5.73 Å². The van der Waals surface area contributed by atoms with Crippen LogP contribution in [0, 0.1) is 6.92 Å². The highest BCUT2D eigenvalue weighted by atomic mass is 35.5. The second-order valence-corrected chi connectivity index (χ2v) is 6.40. The highest BCUT2D eigenvalue weighted by Crippen LogP contribution is 2.27. The monoisotopic (exact) mass is 339 g/mol. The quantitative estimate of drug-likeness (QED) is 0.889. The lowest BCUT2D eigenvalue weighted by molar-refractivity contribution is -0.122. The Morgan fingerprint density at radius 3 is 2.35 bits per heavy atom. The van der Waals surface area contributed by atoms with Crippen LogP contribution in [-0.2, 0) is 4.79 Å². The van der Waals surface area contributed by atoms with Gasteiger partial charge in [0.25, 0.3) is 5.91 Å². The van der Waals surface area contributed by atoms with E-state index in [0.717, 1.165) is 24.8 Å². The number of benzene rings is 1. The molecule has 0 saturated heterocycles. The zero-order valence-electron chi connectivity index (χ0n) is 14.0. The molecule has 0 heterocycles. The number of rotatable bonds is 3. The van der Waals surface area contributed by atoms with Crippen molar-refractivity contribution in [1.82, 2.24) is 4.90 Å². The smallest absolute Gasteiger partial charge is 0.253 e. The van der Waals surface area contributed by atoms with E-state index in [1.165, 1.54) is 4.90 Å². The number of halogens is 1. The summed E-state index contributed by atoms with van der Waals surface area (Å²) < 4.78 is 0. The third kappa shape index (κ3) is 4.45. The Balaban J connectivity index is 0.00000264. The second-order valence-electron chi connectivity index (χ2n) is 6.40. The van der Waals surface area contributed by atoms with Gasteiger partial charge in [0.1, 0.15) is 0 Å². The lowest BCUT2D eigenvalue weighted by atomic mass is 9.82. The SMILES string of the molecule is Cc1ccc(NC(=O)C2(N)CCCCC2)cc1C(=O)N(C)C.Cl. The third-order valence-electron chi connectivity index (χ3n) is 4.33. The number of anilines is 1. The van der Waals surface area contributed by atoms with Crippen molar-refractivity contribution in [3.63, 3.8) is 0 Å². The van der Waals surface area contributed by atoms with Gasteiger partial charge in [0, 0.05) is 25.3 Å². The molecule has 1 saturated carbocycles. The predicted molar refractivity (Wildman–Crippen MR) is 95.1 cm³/mol. The first-order chi connectivity index (χ1) is 10.3. The fourth-order valence-corrected chi connectivity index (χ4v) is 2.84. The van der Waals surface area contributed by atoms with Gasteiger partial charge in [0.15, 0.2) is 0 Å². The van der Waals surface area contributed by atoms with Gasteiger partial charge in [-0.05, 0) is 37.5 Å². The predicted octanol–water partition coefficient (Wildman–Crippen LogP) is 2.72. The zero-order valence-corrected chi connectivity index (χ0v) is 14.8. The molecule has 2 rings (SSSR count). The van der Waals surface area contributed by atoms with Crippen molar-refractivity contribution in [2.75, 3.05) is 19.4 Å². The molecule has 0 aromatic heterocycles. The molecule has 1 fully saturated rings. The Bertz CT molecular complexity index is 581. The van der Waals surface area contributed by atoms with E-state index in [2.05, 4.69) is 5.32 Å². The van der Waals surface area contributed by atoms with Gasteiger partial charge in [0.05, 0.1) is 5.54 Å². The summed E-state index contributed by atoms with van der Waals surface area (Å²) in [6.45, 7) is 1.88. The number of hydrogen-bond acceptors (Lipinski definition) is 3. The summed E-state index contributed by atoms with van der Waals surface area (Å²) in [4.78, 5) is 26.1. The van der Waals surface area contributed by atoms with Gasteiger partial charge in [-0.15, -0.1) is 12.4 Å².